The predicted octanol–water partition coefficient (Wildman–Crippen LogP) is 3.39. The molecule has 0 aliphatic heterocycles. The largest absolute Gasteiger partial charge is 0.494 e. The van der Waals surface area contributed by atoms with Gasteiger partial charge in [-0.1, -0.05) is 32.9 Å². The van der Waals surface area contributed by atoms with E-state index in [4.69, 9.17) is 9.47 Å². The van der Waals surface area contributed by atoms with E-state index in [1.54, 1.807) is 24.0 Å². The molecule has 0 spiro atoms. The van der Waals surface area contributed by atoms with E-state index >= 15 is 0 Å². The van der Waals surface area contributed by atoms with Crippen LogP contribution in [0, 0.1) is 11.8 Å². The van der Waals surface area contributed by atoms with E-state index < -0.39 is 0 Å². The second kappa shape index (κ2) is 10.5. The second-order valence-electron chi connectivity index (χ2n) is 6.40. The van der Waals surface area contributed by atoms with E-state index in [0.717, 1.165) is 11.3 Å². The molecule has 1 aromatic rings. The molecule has 1 unspecified atom stereocenters. The maximum absolute atomic E-state index is 12.5. The van der Waals surface area contributed by atoms with Gasteiger partial charge in [0.2, 0.25) is 5.91 Å². The summed E-state index contributed by atoms with van der Waals surface area (Å²) in [5.74, 6) is 0.342. The normalized spacial score (nSPS) is 12.2. The van der Waals surface area contributed by atoms with Crippen molar-refractivity contribution in [3.63, 3.8) is 0 Å². The first kappa shape index (κ1) is 20.7. The highest BCUT2D eigenvalue weighted by molar-refractivity contribution is 5.92. The fraction of sp³-hybridized carbons (Fsp3) is 0.500. The molecular weight excluding hydrogens is 318 g/mol. The SMILES string of the molecule is CCOc1ccc(/C=C/C(=O)N(CC(C)C)CC(C)C(=O)OC)cc1. The molecule has 25 heavy (non-hydrogen) atoms. The number of methoxy groups -OCH3 is 1. The molecule has 0 saturated heterocycles. The highest BCUT2D eigenvalue weighted by Gasteiger charge is 2.20. The minimum absolute atomic E-state index is 0.113. The van der Waals surface area contributed by atoms with Gasteiger partial charge in [0, 0.05) is 19.2 Å². The molecule has 5 heteroatoms. The van der Waals surface area contributed by atoms with Crippen molar-refractivity contribution in [3.8, 4) is 5.75 Å². The van der Waals surface area contributed by atoms with Crippen molar-refractivity contribution in [1.82, 2.24) is 4.90 Å². The summed E-state index contributed by atoms with van der Waals surface area (Å²) in [5.41, 5.74) is 0.919. The summed E-state index contributed by atoms with van der Waals surface area (Å²) in [7, 11) is 1.36. The Morgan fingerprint density at radius 1 is 1.12 bits per heavy atom. The smallest absolute Gasteiger partial charge is 0.310 e. The van der Waals surface area contributed by atoms with E-state index in [1.165, 1.54) is 7.11 Å². The van der Waals surface area contributed by atoms with Gasteiger partial charge in [-0.3, -0.25) is 9.59 Å². The number of rotatable bonds is 9. The topological polar surface area (TPSA) is 55.8 Å². The zero-order valence-electron chi connectivity index (χ0n) is 15.8. The molecule has 1 aromatic carbocycles. The third-order valence-corrected chi connectivity index (χ3v) is 3.60. The zero-order valence-corrected chi connectivity index (χ0v) is 15.8. The monoisotopic (exact) mass is 347 g/mol. The molecule has 1 atom stereocenters. The fourth-order valence-corrected chi connectivity index (χ4v) is 2.42. The number of esters is 1. The minimum atomic E-state index is -0.355. The Morgan fingerprint density at radius 3 is 2.28 bits per heavy atom. The van der Waals surface area contributed by atoms with Crippen molar-refractivity contribution >= 4 is 18.0 Å². The van der Waals surface area contributed by atoms with Gasteiger partial charge in [0.05, 0.1) is 19.6 Å². The Balaban J connectivity index is 2.77. The predicted molar refractivity (Wildman–Crippen MR) is 99.2 cm³/mol. The van der Waals surface area contributed by atoms with E-state index in [-0.39, 0.29) is 17.8 Å². The lowest BCUT2D eigenvalue weighted by Crippen LogP contribution is -2.38. The Kier molecular flexibility index (Phi) is 8.75. The van der Waals surface area contributed by atoms with Crippen molar-refractivity contribution in [1.29, 1.82) is 0 Å². The summed E-state index contributed by atoms with van der Waals surface area (Å²) in [6, 6.07) is 7.55. The van der Waals surface area contributed by atoms with Gasteiger partial charge in [-0.15, -0.1) is 0 Å². The Bertz CT molecular complexity index is 578. The van der Waals surface area contributed by atoms with Crippen LogP contribution in [0.4, 0.5) is 0 Å². The molecule has 0 aliphatic carbocycles. The van der Waals surface area contributed by atoms with Crippen LogP contribution in [0.25, 0.3) is 6.08 Å². The van der Waals surface area contributed by atoms with Crippen LogP contribution in [0.1, 0.15) is 33.3 Å². The lowest BCUT2D eigenvalue weighted by molar-refractivity contribution is -0.146. The molecule has 138 valence electrons. The van der Waals surface area contributed by atoms with Crippen molar-refractivity contribution < 1.29 is 19.1 Å². The number of amides is 1. The van der Waals surface area contributed by atoms with Crippen LogP contribution in [0.15, 0.2) is 30.3 Å². The van der Waals surface area contributed by atoms with Gasteiger partial charge in [0.1, 0.15) is 5.75 Å². The quantitative estimate of drug-likeness (QED) is 0.507. The molecule has 5 nitrogen and oxygen atoms in total. The first-order chi connectivity index (χ1) is 11.9. The average molecular weight is 347 g/mol. The van der Waals surface area contributed by atoms with Crippen molar-refractivity contribution in [3.05, 3.63) is 35.9 Å². The van der Waals surface area contributed by atoms with Gasteiger partial charge in [-0.25, -0.2) is 0 Å². The molecule has 1 rings (SSSR count). The summed E-state index contributed by atoms with van der Waals surface area (Å²) >= 11 is 0. The highest BCUT2D eigenvalue weighted by Crippen LogP contribution is 2.14. The summed E-state index contributed by atoms with van der Waals surface area (Å²) < 4.78 is 10.2. The minimum Gasteiger partial charge on any atom is -0.494 e. The van der Waals surface area contributed by atoms with Crippen molar-refractivity contribution in [2.75, 3.05) is 26.8 Å². The maximum Gasteiger partial charge on any atom is 0.310 e. The van der Waals surface area contributed by atoms with Crippen LogP contribution < -0.4 is 4.74 Å². The van der Waals surface area contributed by atoms with Gasteiger partial charge >= 0.3 is 5.97 Å². The first-order valence-corrected chi connectivity index (χ1v) is 8.65. The Hall–Kier alpha value is -2.30. The van der Waals surface area contributed by atoms with Crippen LogP contribution in [0.3, 0.4) is 0 Å². The third-order valence-electron chi connectivity index (χ3n) is 3.60. The van der Waals surface area contributed by atoms with E-state index in [2.05, 4.69) is 0 Å². The van der Waals surface area contributed by atoms with Crippen LogP contribution in [-0.2, 0) is 14.3 Å². The summed E-state index contributed by atoms with van der Waals surface area (Å²) in [6.45, 7) is 9.34. The van der Waals surface area contributed by atoms with Gasteiger partial charge in [0.25, 0.3) is 0 Å². The first-order valence-electron chi connectivity index (χ1n) is 8.65. The number of hydrogen-bond donors (Lipinski definition) is 0. The van der Waals surface area contributed by atoms with Gasteiger partial charge in [0.15, 0.2) is 0 Å². The van der Waals surface area contributed by atoms with Crippen molar-refractivity contribution in [2.45, 2.75) is 27.7 Å². The lowest BCUT2D eigenvalue weighted by atomic mass is 10.1. The fourth-order valence-electron chi connectivity index (χ4n) is 2.42. The molecule has 0 heterocycles. The van der Waals surface area contributed by atoms with Crippen LogP contribution in [-0.4, -0.2) is 43.6 Å². The number of benzene rings is 1. The van der Waals surface area contributed by atoms with Gasteiger partial charge < -0.3 is 14.4 Å². The Morgan fingerprint density at radius 2 is 1.76 bits per heavy atom. The third kappa shape index (κ3) is 7.42. The van der Waals surface area contributed by atoms with Crippen LogP contribution in [0.5, 0.6) is 5.75 Å². The zero-order chi connectivity index (χ0) is 18.8. The lowest BCUT2D eigenvalue weighted by Gasteiger charge is -2.25. The molecule has 1 amide bonds. The molecule has 0 bridgehead atoms. The van der Waals surface area contributed by atoms with E-state index in [1.807, 2.05) is 45.0 Å². The highest BCUT2D eigenvalue weighted by atomic mass is 16.5. The van der Waals surface area contributed by atoms with E-state index in [9.17, 15) is 9.59 Å². The maximum atomic E-state index is 12.5. The molecule has 0 aromatic heterocycles. The number of carbonyl (C=O) groups excluding carboxylic acids is 2. The summed E-state index contributed by atoms with van der Waals surface area (Å²) in [6.07, 6.45) is 3.32. The molecule has 0 saturated carbocycles. The number of carbonyl (C=O) groups is 2. The van der Waals surface area contributed by atoms with E-state index in [0.29, 0.717) is 25.6 Å². The summed E-state index contributed by atoms with van der Waals surface area (Å²) in [4.78, 5) is 25.9. The molecule has 0 fully saturated rings. The molecular formula is C20H29NO4. The molecule has 0 aliphatic rings. The molecule has 0 radical (unpaired) electrons. The number of nitrogens with zero attached hydrogens (tertiary/aromatic N) is 1. The number of hydrogen-bond acceptors (Lipinski definition) is 4. The van der Waals surface area contributed by atoms with Gasteiger partial charge in [-0.2, -0.15) is 0 Å². The second-order valence-corrected chi connectivity index (χ2v) is 6.40. The average Bonchev–Trinajstić information content (AvgIpc) is 2.59. The standard InChI is InChI=1S/C20H29NO4/c1-6-25-18-10-7-17(8-11-18)9-12-19(22)21(13-15(2)3)14-16(4)20(23)24-5/h7-12,15-16H,6,13-14H2,1-5H3/b12-9+. The summed E-state index contributed by atoms with van der Waals surface area (Å²) in [5, 5.41) is 0. The van der Waals surface area contributed by atoms with Gasteiger partial charge in [-0.05, 0) is 36.6 Å². The Labute approximate surface area is 150 Å². The molecule has 0 N–H and O–H groups in total. The van der Waals surface area contributed by atoms with Crippen molar-refractivity contribution in [2.24, 2.45) is 11.8 Å². The van der Waals surface area contributed by atoms with Crippen LogP contribution >= 0.6 is 0 Å². The number of ether oxygens (including phenoxy) is 2. The van der Waals surface area contributed by atoms with Crippen LogP contribution in [0.2, 0.25) is 0 Å².